The van der Waals surface area contributed by atoms with Crippen molar-refractivity contribution in [2.24, 2.45) is 46.8 Å². The second-order valence-electron chi connectivity index (χ2n) is 11.0. The molecular weight excluding hydrogens is 384 g/mol. The van der Waals surface area contributed by atoms with Crippen molar-refractivity contribution in [3.63, 3.8) is 0 Å². The first-order chi connectivity index (χ1) is 14.0. The molecule has 4 aliphatic carbocycles. The van der Waals surface area contributed by atoms with Crippen LogP contribution in [0.5, 0.6) is 0 Å². The maximum Gasteiger partial charge on any atom is 0.303 e. The molecule has 0 saturated heterocycles. The molecule has 6 heteroatoms. The van der Waals surface area contributed by atoms with Crippen LogP contribution in [0, 0.1) is 46.8 Å². The molecular formula is C24H38O6. The van der Waals surface area contributed by atoms with E-state index in [1.54, 1.807) is 7.11 Å². The Balaban J connectivity index is 1.93. The van der Waals surface area contributed by atoms with E-state index in [2.05, 4.69) is 27.4 Å². The summed E-state index contributed by atoms with van der Waals surface area (Å²) in [5.74, 6) is 0.177. The first-order valence-corrected chi connectivity index (χ1v) is 11.3. The normalized spacial score (nSPS) is 51.4. The number of fused-ring (bicyclic) bond motifs is 2. The number of rotatable bonds is 4. The van der Waals surface area contributed by atoms with Crippen LogP contribution in [-0.4, -0.2) is 54.0 Å². The van der Waals surface area contributed by atoms with Crippen LogP contribution in [0.1, 0.15) is 47.5 Å². The Morgan fingerprint density at radius 2 is 1.83 bits per heavy atom. The maximum atomic E-state index is 12.5. The highest BCUT2D eigenvalue weighted by Gasteiger charge is 2.77. The molecule has 0 radical (unpaired) electrons. The minimum atomic E-state index is -1.05. The zero-order valence-electron chi connectivity index (χ0n) is 19.1. The third kappa shape index (κ3) is 2.86. The van der Waals surface area contributed by atoms with Crippen molar-refractivity contribution in [2.45, 2.75) is 71.4 Å². The maximum absolute atomic E-state index is 12.5. The lowest BCUT2D eigenvalue weighted by atomic mass is 9.66. The second-order valence-corrected chi connectivity index (χ2v) is 11.0. The third-order valence-electron chi connectivity index (χ3n) is 9.16. The summed E-state index contributed by atoms with van der Waals surface area (Å²) in [6, 6.07) is 0. The first-order valence-electron chi connectivity index (χ1n) is 11.3. The number of hydrogen-bond acceptors (Lipinski definition) is 6. The van der Waals surface area contributed by atoms with E-state index in [1.165, 1.54) is 6.92 Å². The quantitative estimate of drug-likeness (QED) is 0.412. The largest absolute Gasteiger partial charge is 0.458 e. The van der Waals surface area contributed by atoms with Gasteiger partial charge in [-0.05, 0) is 47.5 Å². The van der Waals surface area contributed by atoms with Gasteiger partial charge >= 0.3 is 5.97 Å². The highest BCUT2D eigenvalue weighted by molar-refractivity contribution is 5.67. The Morgan fingerprint density at radius 3 is 2.43 bits per heavy atom. The Morgan fingerprint density at radius 1 is 1.17 bits per heavy atom. The van der Waals surface area contributed by atoms with Crippen LogP contribution in [0.3, 0.4) is 0 Å². The molecule has 4 aliphatic rings. The van der Waals surface area contributed by atoms with Crippen molar-refractivity contribution in [1.29, 1.82) is 0 Å². The molecule has 4 saturated carbocycles. The molecule has 4 rings (SSSR count). The van der Waals surface area contributed by atoms with E-state index in [0.29, 0.717) is 23.8 Å². The van der Waals surface area contributed by atoms with Crippen LogP contribution in [0.4, 0.5) is 0 Å². The zero-order valence-corrected chi connectivity index (χ0v) is 19.1. The average Bonchev–Trinajstić information content (AvgIpc) is 3.13. The first kappa shape index (κ1) is 22.3. The van der Waals surface area contributed by atoms with Gasteiger partial charge in [-0.1, -0.05) is 34.3 Å². The predicted molar refractivity (Wildman–Crippen MR) is 111 cm³/mol. The van der Waals surface area contributed by atoms with Crippen LogP contribution < -0.4 is 0 Å². The summed E-state index contributed by atoms with van der Waals surface area (Å²) in [7, 11) is 1.60. The van der Waals surface area contributed by atoms with Crippen LogP contribution in [0.15, 0.2) is 12.2 Å². The molecule has 0 heterocycles. The molecule has 0 aromatic heterocycles. The van der Waals surface area contributed by atoms with E-state index in [0.717, 1.165) is 6.42 Å². The van der Waals surface area contributed by atoms with E-state index in [9.17, 15) is 15.0 Å². The van der Waals surface area contributed by atoms with Crippen molar-refractivity contribution in [3.05, 3.63) is 12.2 Å². The molecule has 0 aromatic carbocycles. The smallest absolute Gasteiger partial charge is 0.303 e. The molecule has 4 fully saturated rings. The number of ether oxygens (including phenoxy) is 3. The summed E-state index contributed by atoms with van der Waals surface area (Å²) in [5.41, 5.74) is -0.114. The number of carbonyl (C=O) groups excluding carboxylic acids is 1. The molecule has 0 aromatic rings. The second kappa shape index (κ2) is 7.29. The molecule has 11 atom stereocenters. The Labute approximate surface area is 180 Å². The molecule has 6 nitrogen and oxygen atoms in total. The van der Waals surface area contributed by atoms with Gasteiger partial charge in [-0.25, -0.2) is 0 Å². The molecule has 30 heavy (non-hydrogen) atoms. The highest BCUT2D eigenvalue weighted by Crippen LogP contribution is 2.74. The van der Waals surface area contributed by atoms with Gasteiger partial charge in [0.05, 0.1) is 12.2 Å². The molecule has 0 bridgehead atoms. The molecule has 2 N–H and O–H groups in total. The monoisotopic (exact) mass is 422 g/mol. The molecule has 2 unspecified atom stereocenters. The lowest BCUT2D eigenvalue weighted by Crippen LogP contribution is -2.56. The summed E-state index contributed by atoms with van der Waals surface area (Å²) >= 11 is 0. The standard InChI is InChI=1S/C24H38O6/c1-11-8-15-19(23(15,5)6)16-9-12(2)20(26)21(27)18-13(3)22(29-10-28-7)17(11)24(16,18)30-14(4)25/h11,13,15-22,26-27H,2,8-10H2,1,3-7H3/t11-,13-,15-,16+,17-,18+,19-,20?,21?,22+,24+/m1/s1. The number of aliphatic hydroxyl groups excluding tert-OH is 2. The van der Waals surface area contributed by atoms with Gasteiger partial charge in [0.1, 0.15) is 18.5 Å². The minimum absolute atomic E-state index is 0.000699. The predicted octanol–water partition coefficient (Wildman–Crippen LogP) is 2.77. The van der Waals surface area contributed by atoms with E-state index >= 15 is 0 Å². The van der Waals surface area contributed by atoms with Gasteiger partial charge in [-0.3, -0.25) is 4.79 Å². The van der Waals surface area contributed by atoms with Crippen LogP contribution >= 0.6 is 0 Å². The van der Waals surface area contributed by atoms with Gasteiger partial charge in [-0.15, -0.1) is 0 Å². The molecule has 0 aliphatic heterocycles. The Bertz CT molecular complexity index is 718. The molecule has 0 spiro atoms. The number of carbonyl (C=O) groups is 1. The van der Waals surface area contributed by atoms with Crippen LogP contribution in [-0.2, 0) is 19.0 Å². The van der Waals surface area contributed by atoms with Gasteiger partial charge in [0, 0.05) is 31.8 Å². The summed E-state index contributed by atoms with van der Waals surface area (Å²) in [6.45, 7) is 14.6. The Hall–Kier alpha value is -0.950. The lowest BCUT2D eigenvalue weighted by Gasteiger charge is -2.47. The van der Waals surface area contributed by atoms with E-state index in [4.69, 9.17) is 14.2 Å². The SMILES string of the molecule is C=C1C[C@H]2[C@H]3[C@@H](C[C@@H](C)[C@@H]4[C@@H](OCOC)[C@H](C)[C@@H](C(O)C1O)[C@@]42OC(C)=O)C3(C)C. The zero-order chi connectivity index (χ0) is 22.2. The van der Waals surface area contributed by atoms with Gasteiger partial charge in [-0.2, -0.15) is 0 Å². The molecule has 170 valence electrons. The van der Waals surface area contributed by atoms with Crippen molar-refractivity contribution >= 4 is 5.97 Å². The summed E-state index contributed by atoms with van der Waals surface area (Å²) in [6.07, 6.45) is -0.713. The number of methoxy groups -OCH3 is 1. The van der Waals surface area contributed by atoms with Crippen molar-refractivity contribution < 1.29 is 29.2 Å². The average molecular weight is 423 g/mol. The van der Waals surface area contributed by atoms with Gasteiger partial charge in [0.2, 0.25) is 0 Å². The van der Waals surface area contributed by atoms with Crippen molar-refractivity contribution in [2.75, 3.05) is 13.9 Å². The van der Waals surface area contributed by atoms with Gasteiger partial charge in [0.15, 0.2) is 0 Å². The third-order valence-corrected chi connectivity index (χ3v) is 9.16. The summed E-state index contributed by atoms with van der Waals surface area (Å²) in [5, 5.41) is 22.3. The Kier molecular flexibility index (Phi) is 5.41. The van der Waals surface area contributed by atoms with E-state index in [1.807, 2.05) is 6.92 Å². The number of aliphatic hydroxyl groups is 2. The van der Waals surface area contributed by atoms with E-state index < -0.39 is 23.7 Å². The summed E-state index contributed by atoms with van der Waals surface area (Å²) < 4.78 is 17.8. The number of hydrogen-bond donors (Lipinski definition) is 2. The fourth-order valence-corrected chi connectivity index (χ4v) is 8.12. The van der Waals surface area contributed by atoms with Crippen LogP contribution in [0.25, 0.3) is 0 Å². The lowest BCUT2D eigenvalue weighted by molar-refractivity contribution is -0.198. The highest BCUT2D eigenvalue weighted by atomic mass is 16.7. The minimum Gasteiger partial charge on any atom is -0.458 e. The van der Waals surface area contributed by atoms with Crippen molar-refractivity contribution in [1.82, 2.24) is 0 Å². The van der Waals surface area contributed by atoms with Crippen molar-refractivity contribution in [3.8, 4) is 0 Å². The number of esters is 1. The molecule has 0 amide bonds. The fourth-order valence-electron chi connectivity index (χ4n) is 8.12. The van der Waals surface area contributed by atoms with Crippen LogP contribution in [0.2, 0.25) is 0 Å². The fraction of sp³-hybridized carbons (Fsp3) is 0.875. The van der Waals surface area contributed by atoms with Gasteiger partial charge < -0.3 is 24.4 Å². The topological polar surface area (TPSA) is 85.2 Å². The van der Waals surface area contributed by atoms with Gasteiger partial charge in [0.25, 0.3) is 0 Å². The summed E-state index contributed by atoms with van der Waals surface area (Å²) in [4.78, 5) is 12.5. The van der Waals surface area contributed by atoms with E-state index in [-0.39, 0.29) is 48.0 Å².